The van der Waals surface area contributed by atoms with Crippen LogP contribution in [-0.2, 0) is 0 Å². The highest BCUT2D eigenvalue weighted by Crippen LogP contribution is 2.20. The van der Waals surface area contributed by atoms with E-state index in [1.165, 1.54) is 12.8 Å². The van der Waals surface area contributed by atoms with E-state index in [0.29, 0.717) is 30.9 Å². The number of methoxy groups -OCH3 is 1. The molecule has 7 heteroatoms. The third-order valence-corrected chi connectivity index (χ3v) is 3.56. The van der Waals surface area contributed by atoms with Crippen molar-refractivity contribution in [2.75, 3.05) is 43.6 Å². The molecule has 0 N–H and O–H groups in total. The number of rotatable bonds is 5. The van der Waals surface area contributed by atoms with Crippen molar-refractivity contribution in [2.24, 2.45) is 0 Å². The highest BCUT2D eigenvalue weighted by Gasteiger charge is 2.17. The van der Waals surface area contributed by atoms with E-state index in [0.717, 1.165) is 25.9 Å². The molecule has 0 spiro atoms. The molecule has 1 aromatic rings. The minimum Gasteiger partial charge on any atom is -0.467 e. The molecule has 7 nitrogen and oxygen atoms in total. The molecular formula is C14H22N6O. The fourth-order valence-corrected chi connectivity index (χ4v) is 2.33. The van der Waals surface area contributed by atoms with E-state index in [4.69, 9.17) is 10.00 Å². The summed E-state index contributed by atoms with van der Waals surface area (Å²) in [5.74, 6) is 1.22. The van der Waals surface area contributed by atoms with Crippen molar-refractivity contribution in [3.8, 4) is 12.1 Å². The van der Waals surface area contributed by atoms with Crippen molar-refractivity contribution in [2.45, 2.75) is 32.1 Å². The van der Waals surface area contributed by atoms with Crippen LogP contribution in [0.1, 0.15) is 32.1 Å². The molecule has 1 aliphatic rings. The third kappa shape index (κ3) is 4.18. The molecule has 2 heterocycles. The van der Waals surface area contributed by atoms with Gasteiger partial charge >= 0.3 is 6.01 Å². The zero-order valence-electron chi connectivity index (χ0n) is 12.7. The Kier molecular flexibility index (Phi) is 5.55. The standard InChI is InChI=1S/C14H22N6O/c1-19(9-7-8-15)12-16-13(18-14(17-12)21-2)20-10-5-3-4-6-11-20/h3-7,9-11H2,1-2H3. The first-order valence-corrected chi connectivity index (χ1v) is 7.37. The van der Waals surface area contributed by atoms with Gasteiger partial charge in [0.25, 0.3) is 0 Å². The highest BCUT2D eigenvalue weighted by molar-refractivity contribution is 5.40. The Morgan fingerprint density at radius 1 is 1.19 bits per heavy atom. The smallest absolute Gasteiger partial charge is 0.322 e. The molecule has 21 heavy (non-hydrogen) atoms. The molecule has 0 atom stereocenters. The van der Waals surface area contributed by atoms with E-state index >= 15 is 0 Å². The largest absolute Gasteiger partial charge is 0.467 e. The number of nitrogens with zero attached hydrogens (tertiary/aromatic N) is 6. The SMILES string of the molecule is COc1nc(N(C)CCC#N)nc(N2CCCCCC2)n1. The predicted molar refractivity (Wildman–Crippen MR) is 80.6 cm³/mol. The summed E-state index contributed by atoms with van der Waals surface area (Å²) < 4.78 is 5.19. The molecule has 114 valence electrons. The number of nitriles is 1. The van der Waals surface area contributed by atoms with Gasteiger partial charge in [-0.1, -0.05) is 12.8 Å². The van der Waals surface area contributed by atoms with Crippen molar-refractivity contribution < 1.29 is 4.74 Å². The first-order valence-electron chi connectivity index (χ1n) is 7.37. The van der Waals surface area contributed by atoms with Crippen LogP contribution in [0.15, 0.2) is 0 Å². The summed E-state index contributed by atoms with van der Waals surface area (Å²) in [7, 11) is 3.43. The first kappa shape index (κ1) is 15.3. The van der Waals surface area contributed by atoms with Crippen molar-refractivity contribution in [1.82, 2.24) is 15.0 Å². The Bertz CT molecular complexity index is 493. The van der Waals surface area contributed by atoms with E-state index in [1.807, 2.05) is 11.9 Å². The van der Waals surface area contributed by atoms with Crippen LogP contribution in [0.4, 0.5) is 11.9 Å². The minimum absolute atomic E-state index is 0.322. The van der Waals surface area contributed by atoms with Crippen molar-refractivity contribution >= 4 is 11.9 Å². The van der Waals surface area contributed by atoms with Gasteiger partial charge in [-0.2, -0.15) is 20.2 Å². The second-order valence-corrected chi connectivity index (χ2v) is 5.15. The molecule has 0 bridgehead atoms. The Labute approximate surface area is 125 Å². The summed E-state index contributed by atoms with van der Waals surface area (Å²) in [5.41, 5.74) is 0. The summed E-state index contributed by atoms with van der Waals surface area (Å²) in [5, 5.41) is 8.69. The van der Waals surface area contributed by atoms with E-state index in [1.54, 1.807) is 7.11 Å². The van der Waals surface area contributed by atoms with Gasteiger partial charge in [0, 0.05) is 26.7 Å². The summed E-state index contributed by atoms with van der Waals surface area (Å²) in [6.45, 7) is 2.52. The normalized spacial score (nSPS) is 15.2. The quantitative estimate of drug-likeness (QED) is 0.815. The lowest BCUT2D eigenvalue weighted by Crippen LogP contribution is -2.28. The lowest BCUT2D eigenvalue weighted by molar-refractivity contribution is 0.378. The average Bonchev–Trinajstić information content (AvgIpc) is 2.81. The zero-order valence-corrected chi connectivity index (χ0v) is 12.7. The summed E-state index contributed by atoms with van der Waals surface area (Å²) >= 11 is 0. The summed E-state index contributed by atoms with van der Waals surface area (Å²) in [6, 6.07) is 2.45. The number of anilines is 2. The molecule has 1 saturated heterocycles. The van der Waals surface area contributed by atoms with Gasteiger partial charge in [-0.25, -0.2) is 0 Å². The topological polar surface area (TPSA) is 78.2 Å². The summed E-state index contributed by atoms with van der Waals surface area (Å²) in [6.07, 6.45) is 5.27. The third-order valence-electron chi connectivity index (χ3n) is 3.56. The second kappa shape index (κ2) is 7.62. The van der Waals surface area contributed by atoms with Crippen LogP contribution < -0.4 is 14.5 Å². The molecule has 0 aromatic carbocycles. The fourth-order valence-electron chi connectivity index (χ4n) is 2.33. The second-order valence-electron chi connectivity index (χ2n) is 5.15. The maximum Gasteiger partial charge on any atom is 0.322 e. The Balaban J connectivity index is 2.22. The Hall–Kier alpha value is -2.10. The maximum atomic E-state index is 8.69. The highest BCUT2D eigenvalue weighted by atomic mass is 16.5. The van der Waals surface area contributed by atoms with Gasteiger partial charge in [-0.05, 0) is 12.8 Å². The molecule has 0 unspecified atom stereocenters. The van der Waals surface area contributed by atoms with Crippen molar-refractivity contribution in [3.63, 3.8) is 0 Å². The molecular weight excluding hydrogens is 268 g/mol. The number of aromatic nitrogens is 3. The van der Waals surface area contributed by atoms with Gasteiger partial charge < -0.3 is 14.5 Å². The number of ether oxygens (including phenoxy) is 1. The number of hydrogen-bond donors (Lipinski definition) is 0. The van der Waals surface area contributed by atoms with Gasteiger partial charge in [-0.15, -0.1) is 0 Å². The molecule has 1 aromatic heterocycles. The van der Waals surface area contributed by atoms with Crippen LogP contribution in [-0.4, -0.2) is 48.7 Å². The molecule has 0 saturated carbocycles. The Morgan fingerprint density at radius 3 is 2.52 bits per heavy atom. The lowest BCUT2D eigenvalue weighted by Gasteiger charge is -2.22. The van der Waals surface area contributed by atoms with Crippen LogP contribution in [0.3, 0.4) is 0 Å². The molecule has 1 fully saturated rings. The van der Waals surface area contributed by atoms with Crippen molar-refractivity contribution in [1.29, 1.82) is 5.26 Å². The predicted octanol–water partition coefficient (Wildman–Crippen LogP) is 1.61. The van der Waals surface area contributed by atoms with Crippen LogP contribution >= 0.6 is 0 Å². The number of hydrogen-bond acceptors (Lipinski definition) is 7. The van der Waals surface area contributed by atoms with Gasteiger partial charge in [-0.3, -0.25) is 0 Å². The fraction of sp³-hybridized carbons (Fsp3) is 0.714. The first-order chi connectivity index (χ1) is 10.2. The van der Waals surface area contributed by atoms with Crippen LogP contribution in [0.25, 0.3) is 0 Å². The molecule has 0 aliphatic carbocycles. The van der Waals surface area contributed by atoms with E-state index in [2.05, 4.69) is 25.9 Å². The summed E-state index contributed by atoms with van der Waals surface area (Å²) in [4.78, 5) is 17.2. The Morgan fingerprint density at radius 2 is 1.90 bits per heavy atom. The van der Waals surface area contributed by atoms with Gasteiger partial charge in [0.1, 0.15) is 0 Å². The van der Waals surface area contributed by atoms with E-state index in [9.17, 15) is 0 Å². The molecule has 1 aliphatic heterocycles. The lowest BCUT2D eigenvalue weighted by atomic mass is 10.2. The minimum atomic E-state index is 0.322. The molecule has 2 rings (SSSR count). The van der Waals surface area contributed by atoms with E-state index < -0.39 is 0 Å². The van der Waals surface area contributed by atoms with E-state index in [-0.39, 0.29) is 0 Å². The van der Waals surface area contributed by atoms with Gasteiger partial charge in [0.2, 0.25) is 11.9 Å². The van der Waals surface area contributed by atoms with Crippen LogP contribution in [0, 0.1) is 11.3 Å². The van der Waals surface area contributed by atoms with Crippen LogP contribution in [0.2, 0.25) is 0 Å². The van der Waals surface area contributed by atoms with Crippen LogP contribution in [0.5, 0.6) is 6.01 Å². The van der Waals surface area contributed by atoms with Gasteiger partial charge in [0.05, 0.1) is 19.6 Å². The average molecular weight is 290 g/mol. The maximum absolute atomic E-state index is 8.69. The monoisotopic (exact) mass is 290 g/mol. The zero-order chi connectivity index (χ0) is 15.1. The molecule has 0 radical (unpaired) electrons. The van der Waals surface area contributed by atoms with Gasteiger partial charge in [0.15, 0.2) is 0 Å². The van der Waals surface area contributed by atoms with Crippen molar-refractivity contribution in [3.05, 3.63) is 0 Å². The molecule has 0 amide bonds.